The van der Waals surface area contributed by atoms with Crippen LogP contribution in [0.25, 0.3) is 11.0 Å². The van der Waals surface area contributed by atoms with Gasteiger partial charge in [0.25, 0.3) is 0 Å². The van der Waals surface area contributed by atoms with Crippen LogP contribution < -0.4 is 16.0 Å². The van der Waals surface area contributed by atoms with Gasteiger partial charge in [0.1, 0.15) is 11.9 Å². The highest BCUT2D eigenvalue weighted by Crippen LogP contribution is 2.45. The van der Waals surface area contributed by atoms with Gasteiger partial charge in [0.05, 0.1) is 34.6 Å². The highest BCUT2D eigenvalue weighted by atomic mass is 32.2. The molecule has 0 aliphatic heterocycles. The molecular formula is C39H49FN6O5S. The second kappa shape index (κ2) is 16.2. The average Bonchev–Trinajstić information content (AvgIpc) is 3.90. The summed E-state index contributed by atoms with van der Waals surface area (Å²) in [6, 6.07) is 18.2. The molecule has 4 aromatic rings. The Balaban J connectivity index is 1.34. The van der Waals surface area contributed by atoms with Crippen molar-refractivity contribution in [3.05, 3.63) is 102 Å². The lowest BCUT2D eigenvalue weighted by atomic mass is 9.85. The number of carbonyl (C=O) groups is 2. The Labute approximate surface area is 305 Å². The molecule has 1 fully saturated rings. The van der Waals surface area contributed by atoms with Gasteiger partial charge in [-0.2, -0.15) is 4.31 Å². The molecule has 13 heteroatoms. The van der Waals surface area contributed by atoms with Crippen molar-refractivity contribution in [3.63, 3.8) is 0 Å². The molecule has 3 unspecified atom stereocenters. The van der Waals surface area contributed by atoms with Crippen LogP contribution in [0.1, 0.15) is 58.6 Å². The van der Waals surface area contributed by atoms with Crippen LogP contribution in [0.2, 0.25) is 0 Å². The van der Waals surface area contributed by atoms with E-state index in [9.17, 15) is 27.5 Å². The molecule has 1 aliphatic rings. The Morgan fingerprint density at radius 2 is 1.62 bits per heavy atom. The summed E-state index contributed by atoms with van der Waals surface area (Å²) >= 11 is 0. The maximum atomic E-state index is 14.1. The van der Waals surface area contributed by atoms with Crippen molar-refractivity contribution in [1.29, 1.82) is 0 Å². The zero-order valence-corrected chi connectivity index (χ0v) is 31.2. The van der Waals surface area contributed by atoms with E-state index in [2.05, 4.69) is 25.9 Å². The number of aliphatic hydroxyl groups excluding tert-OH is 1. The number of aliphatic hydroxyl groups is 1. The van der Waals surface area contributed by atoms with Crippen molar-refractivity contribution < 1.29 is 27.5 Å². The quantitative estimate of drug-likeness (QED) is 0.133. The van der Waals surface area contributed by atoms with E-state index in [1.807, 2.05) is 71.0 Å². The molecule has 0 spiro atoms. The number of sulfonamides is 1. The minimum atomic E-state index is -4.10. The van der Waals surface area contributed by atoms with E-state index in [0.717, 1.165) is 24.0 Å². The number of benzene rings is 3. The molecule has 52 heavy (non-hydrogen) atoms. The lowest BCUT2D eigenvalue weighted by molar-refractivity contribution is -0.132. The summed E-state index contributed by atoms with van der Waals surface area (Å²) in [7, 11) is -4.10. The van der Waals surface area contributed by atoms with Crippen molar-refractivity contribution in [1.82, 2.24) is 30.2 Å². The number of rotatable bonds is 16. The topological polar surface area (TPSA) is 154 Å². The second-order valence-electron chi connectivity index (χ2n) is 15.1. The van der Waals surface area contributed by atoms with Crippen LogP contribution in [-0.4, -0.2) is 77.4 Å². The Bertz CT molecular complexity index is 1970. The normalized spacial score (nSPS) is 16.0. The first-order valence-electron chi connectivity index (χ1n) is 17.6. The minimum Gasteiger partial charge on any atom is -0.390 e. The Morgan fingerprint density at radius 1 is 0.923 bits per heavy atom. The van der Waals surface area contributed by atoms with Crippen LogP contribution in [0, 0.1) is 17.2 Å². The van der Waals surface area contributed by atoms with Crippen molar-refractivity contribution in [2.75, 3.05) is 19.6 Å². The molecule has 11 nitrogen and oxygen atoms in total. The predicted molar refractivity (Wildman–Crippen MR) is 198 cm³/mol. The summed E-state index contributed by atoms with van der Waals surface area (Å²) in [5.74, 6) is -1.35. The summed E-state index contributed by atoms with van der Waals surface area (Å²) in [6.07, 6.45) is 3.42. The van der Waals surface area contributed by atoms with Crippen molar-refractivity contribution in [2.45, 2.75) is 82.5 Å². The zero-order valence-electron chi connectivity index (χ0n) is 30.3. The molecule has 0 bridgehead atoms. The molecule has 1 saturated carbocycles. The lowest BCUT2D eigenvalue weighted by Crippen LogP contribution is -2.59. The smallest absolute Gasteiger partial charge is 0.243 e. The fourth-order valence-corrected chi connectivity index (χ4v) is 7.94. The standard InChI is InChI=1S/C39H49FN6O5S/c1-26(2)24-46(52(50,51)30-14-15-31-32(22-30)42-19-18-41-31)25-34(47)33(20-27-10-7-6-8-11-27)44-37(49)36(38(3,4)5)45-35(48)23-43-39(16-17-39)28-12-9-13-29(40)21-28/h6-15,18-19,21-22,26,33-34,36,43,47H,16-17,20,23-25H2,1-5H3,(H,44,49)(H,45,48). The van der Waals surface area contributed by atoms with Gasteiger partial charge in [0.15, 0.2) is 0 Å². The van der Waals surface area contributed by atoms with Gasteiger partial charge in [-0.1, -0.05) is 77.1 Å². The van der Waals surface area contributed by atoms with E-state index in [1.165, 1.54) is 41.0 Å². The van der Waals surface area contributed by atoms with Crippen molar-refractivity contribution >= 4 is 32.9 Å². The third-order valence-electron chi connectivity index (χ3n) is 9.28. The maximum Gasteiger partial charge on any atom is 0.243 e. The van der Waals surface area contributed by atoms with Gasteiger partial charge in [-0.05, 0) is 72.1 Å². The predicted octanol–water partition coefficient (Wildman–Crippen LogP) is 4.31. The molecule has 0 saturated heterocycles. The molecule has 3 atom stereocenters. The van der Waals surface area contributed by atoms with Gasteiger partial charge < -0.3 is 15.7 Å². The molecule has 2 amide bonds. The molecule has 5 rings (SSSR count). The summed E-state index contributed by atoms with van der Waals surface area (Å²) in [5, 5.41) is 20.9. The SMILES string of the molecule is CC(C)CN(CC(O)C(Cc1ccccc1)NC(=O)C(NC(=O)CNC1(c2cccc(F)c2)CC1)C(C)(C)C)S(=O)(=O)c1ccc2nccnc2c1. The van der Waals surface area contributed by atoms with Crippen LogP contribution >= 0.6 is 0 Å². The molecule has 4 N–H and O–H groups in total. The monoisotopic (exact) mass is 732 g/mol. The second-order valence-corrected chi connectivity index (χ2v) is 17.0. The van der Waals surface area contributed by atoms with E-state index < -0.39 is 51.0 Å². The van der Waals surface area contributed by atoms with Crippen molar-refractivity contribution in [2.24, 2.45) is 11.3 Å². The van der Waals surface area contributed by atoms with Gasteiger partial charge in [0.2, 0.25) is 21.8 Å². The third kappa shape index (κ3) is 9.77. The van der Waals surface area contributed by atoms with E-state index in [-0.39, 0.29) is 42.7 Å². The molecule has 3 aromatic carbocycles. The fraction of sp³-hybridized carbons (Fsp3) is 0.436. The number of nitrogens with zero attached hydrogens (tertiary/aromatic N) is 3. The van der Waals surface area contributed by atoms with Gasteiger partial charge in [-0.3, -0.25) is 24.9 Å². The molecule has 1 aromatic heterocycles. The number of nitrogens with one attached hydrogen (secondary N) is 3. The van der Waals surface area contributed by atoms with Crippen molar-refractivity contribution in [3.8, 4) is 0 Å². The molecule has 278 valence electrons. The first kappa shape index (κ1) is 38.9. The van der Waals surface area contributed by atoms with Crippen LogP contribution in [0.15, 0.2) is 90.1 Å². The van der Waals surface area contributed by atoms with Gasteiger partial charge in [-0.25, -0.2) is 12.8 Å². The Morgan fingerprint density at radius 3 is 2.25 bits per heavy atom. The summed E-state index contributed by atoms with van der Waals surface area (Å²) in [4.78, 5) is 35.9. The Kier molecular flexibility index (Phi) is 12.1. The maximum absolute atomic E-state index is 14.1. The number of hydrogen-bond acceptors (Lipinski definition) is 8. The zero-order chi connectivity index (χ0) is 37.7. The fourth-order valence-electron chi connectivity index (χ4n) is 6.30. The summed E-state index contributed by atoms with van der Waals surface area (Å²) < 4.78 is 43.3. The minimum absolute atomic E-state index is 0.0199. The molecule has 1 aliphatic carbocycles. The largest absolute Gasteiger partial charge is 0.390 e. The number of halogens is 1. The third-order valence-corrected chi connectivity index (χ3v) is 11.1. The van der Waals surface area contributed by atoms with Crippen LogP contribution in [0.3, 0.4) is 0 Å². The first-order valence-corrected chi connectivity index (χ1v) is 19.1. The number of aromatic nitrogens is 2. The number of amides is 2. The van der Waals surface area contributed by atoms with E-state index in [1.54, 1.807) is 12.1 Å². The van der Waals surface area contributed by atoms with Crippen LogP contribution in [0.4, 0.5) is 4.39 Å². The molecular weight excluding hydrogens is 684 g/mol. The summed E-state index contributed by atoms with van der Waals surface area (Å²) in [6.45, 7) is 8.99. The number of hydrogen-bond donors (Lipinski definition) is 4. The molecule has 1 heterocycles. The van der Waals surface area contributed by atoms with E-state index >= 15 is 0 Å². The average molecular weight is 733 g/mol. The highest BCUT2D eigenvalue weighted by Gasteiger charge is 2.45. The number of fused-ring (bicyclic) bond motifs is 1. The van der Waals surface area contributed by atoms with E-state index in [0.29, 0.717) is 11.0 Å². The van der Waals surface area contributed by atoms with Gasteiger partial charge in [-0.15, -0.1) is 0 Å². The van der Waals surface area contributed by atoms with Crippen LogP contribution in [0.5, 0.6) is 0 Å². The highest BCUT2D eigenvalue weighted by molar-refractivity contribution is 7.89. The number of carbonyl (C=O) groups excluding carboxylic acids is 2. The van der Waals surface area contributed by atoms with Gasteiger partial charge in [0, 0.05) is 31.0 Å². The molecule has 0 radical (unpaired) electrons. The van der Waals surface area contributed by atoms with Crippen LogP contribution in [-0.2, 0) is 31.6 Å². The van der Waals surface area contributed by atoms with E-state index in [4.69, 9.17) is 0 Å². The Hall–Kier alpha value is -4.30. The summed E-state index contributed by atoms with van der Waals surface area (Å²) in [5.41, 5.74) is 1.35. The van der Waals surface area contributed by atoms with Gasteiger partial charge >= 0.3 is 0 Å². The lowest BCUT2D eigenvalue weighted by Gasteiger charge is -2.34. The first-order chi connectivity index (χ1) is 24.6.